The van der Waals surface area contributed by atoms with Crippen LogP contribution in [0.25, 0.3) is 0 Å². The lowest BCUT2D eigenvalue weighted by Gasteiger charge is -2.34. The van der Waals surface area contributed by atoms with Gasteiger partial charge in [0, 0.05) is 13.3 Å². The molecule has 1 rings (SSSR count). The molecule has 0 aromatic heterocycles. The van der Waals surface area contributed by atoms with E-state index in [-0.39, 0.29) is 17.2 Å². The van der Waals surface area contributed by atoms with Crippen molar-refractivity contribution < 1.29 is 14.4 Å². The molecule has 1 heterocycles. The van der Waals surface area contributed by atoms with Crippen LogP contribution in [0.2, 0.25) is 0 Å². The van der Waals surface area contributed by atoms with Crippen LogP contribution in [0, 0.1) is 0 Å². The molecule has 2 atom stereocenters. The van der Waals surface area contributed by atoms with E-state index >= 15 is 0 Å². The Morgan fingerprint density at radius 2 is 1.31 bits per heavy atom. The second-order valence-corrected chi connectivity index (χ2v) is 10.5. The minimum absolute atomic E-state index is 0.0356. The first kappa shape index (κ1) is 31.6. The van der Waals surface area contributed by atoms with Crippen LogP contribution in [0.15, 0.2) is 29.5 Å². The van der Waals surface area contributed by atoms with Gasteiger partial charge in [0.15, 0.2) is 6.54 Å². The minimum Gasteiger partial charge on any atom is -0.477 e. The largest absolute Gasteiger partial charge is 0.477 e. The first-order chi connectivity index (χ1) is 17.0. The predicted octanol–water partition coefficient (Wildman–Crippen LogP) is 8.45. The average Bonchev–Trinajstić information content (AvgIpc) is 3.23. The normalized spacial score (nSPS) is 18.4. The number of carboxylic acid groups (broad SMARTS) is 1. The summed E-state index contributed by atoms with van der Waals surface area (Å²) in [4.78, 5) is 15.7. The third kappa shape index (κ3) is 14.6. The zero-order valence-electron chi connectivity index (χ0n) is 23.1. The number of allylic oxidation sites excluding steroid dienone is 2. The van der Waals surface area contributed by atoms with Crippen molar-refractivity contribution in [3.63, 3.8) is 0 Å². The highest BCUT2D eigenvalue weighted by Gasteiger charge is 2.40. The Balaban J connectivity index is 1.91. The van der Waals surface area contributed by atoms with Crippen molar-refractivity contribution in [3.05, 3.63) is 24.6 Å². The molecule has 0 spiro atoms. The maximum absolute atomic E-state index is 11.3. The fourth-order valence-electron chi connectivity index (χ4n) is 5.00. The van der Waals surface area contributed by atoms with E-state index in [1.54, 1.807) is 6.20 Å². The average molecular weight is 491 g/mol. The summed E-state index contributed by atoms with van der Waals surface area (Å²) in [5, 5.41) is 9.28. The Hall–Kier alpha value is -1.46. The van der Waals surface area contributed by atoms with Gasteiger partial charge in [0.25, 0.3) is 0 Å². The number of aliphatic imine (C=N–C) groups is 1. The second kappa shape index (κ2) is 20.7. The summed E-state index contributed by atoms with van der Waals surface area (Å²) in [6, 6.07) is 0. The molecule has 0 amide bonds. The van der Waals surface area contributed by atoms with E-state index in [1.807, 2.05) is 13.1 Å². The highest BCUT2D eigenvalue weighted by Crippen LogP contribution is 2.23. The molecule has 1 aliphatic rings. The number of carboxylic acids is 1. The fourth-order valence-corrected chi connectivity index (χ4v) is 5.00. The highest BCUT2D eigenvalue weighted by atomic mass is 16.4. The van der Waals surface area contributed by atoms with Crippen LogP contribution in [0.5, 0.6) is 0 Å². The molecule has 0 saturated heterocycles. The van der Waals surface area contributed by atoms with Crippen molar-refractivity contribution in [1.29, 1.82) is 0 Å². The van der Waals surface area contributed by atoms with Crippen molar-refractivity contribution >= 4 is 11.8 Å². The molecule has 1 aliphatic heterocycles. The predicted molar refractivity (Wildman–Crippen MR) is 150 cm³/mol. The maximum Gasteiger partial charge on any atom is 0.360 e. The van der Waals surface area contributed by atoms with Gasteiger partial charge in [0.2, 0.25) is 5.84 Å². The maximum atomic E-state index is 11.3. The molecule has 0 aliphatic carbocycles. The fraction of sp³-hybridized carbons (Fsp3) is 0.800. The van der Waals surface area contributed by atoms with Crippen molar-refractivity contribution in [1.82, 2.24) is 0 Å². The number of hydrogen-bond donors (Lipinski definition) is 2. The molecular formula is C30H56N3O2+. The summed E-state index contributed by atoms with van der Waals surface area (Å²) >= 11 is 0. The number of hydrogen-bond acceptors (Lipinski definition) is 3. The third-order valence-electron chi connectivity index (χ3n) is 7.32. The summed E-state index contributed by atoms with van der Waals surface area (Å²) < 4.78 is 0.157. The van der Waals surface area contributed by atoms with Crippen LogP contribution in [0.4, 0.5) is 0 Å². The van der Waals surface area contributed by atoms with Crippen LogP contribution < -0.4 is 5.73 Å². The molecule has 202 valence electrons. The smallest absolute Gasteiger partial charge is 0.360 e. The van der Waals surface area contributed by atoms with E-state index in [2.05, 4.69) is 24.1 Å². The van der Waals surface area contributed by atoms with Gasteiger partial charge in [0.1, 0.15) is 12.4 Å². The van der Waals surface area contributed by atoms with Crippen molar-refractivity contribution in [2.75, 3.05) is 6.54 Å². The van der Waals surface area contributed by atoms with E-state index in [4.69, 9.17) is 5.73 Å². The number of nitrogens with two attached hydrogens (primary N) is 1. The second-order valence-electron chi connectivity index (χ2n) is 10.5. The number of nitrogens with zero attached hydrogens (tertiary/aromatic N) is 2. The number of aliphatic carboxylic acids is 1. The van der Waals surface area contributed by atoms with E-state index in [0.29, 0.717) is 0 Å². The molecule has 0 radical (unpaired) electrons. The lowest BCUT2D eigenvalue weighted by atomic mass is 10.0. The van der Waals surface area contributed by atoms with E-state index < -0.39 is 5.97 Å². The summed E-state index contributed by atoms with van der Waals surface area (Å²) in [6.45, 7) is 4.11. The first-order valence-corrected chi connectivity index (χ1v) is 14.8. The van der Waals surface area contributed by atoms with Crippen molar-refractivity contribution in [2.24, 2.45) is 10.7 Å². The van der Waals surface area contributed by atoms with Crippen LogP contribution >= 0.6 is 0 Å². The van der Waals surface area contributed by atoms with Crippen LogP contribution in [-0.2, 0) is 4.79 Å². The van der Waals surface area contributed by atoms with Crippen molar-refractivity contribution in [2.45, 2.75) is 148 Å². The van der Waals surface area contributed by atoms with Gasteiger partial charge in [-0.15, -0.1) is 0 Å². The molecule has 5 heteroatoms. The Kier molecular flexibility index (Phi) is 18.7. The molecule has 5 nitrogen and oxygen atoms in total. The summed E-state index contributed by atoms with van der Waals surface area (Å²) in [6.07, 6.45) is 34.2. The Bertz CT molecular complexity index is 627. The SMILES string of the molecule is CCCCCCCCCCCCCCCCC/C=C/CCCCC1=NC=C[N+]1(CC(=O)O)C(C)N. The monoisotopic (exact) mass is 490 g/mol. The zero-order valence-corrected chi connectivity index (χ0v) is 23.1. The van der Waals surface area contributed by atoms with Gasteiger partial charge in [-0.2, -0.15) is 0 Å². The molecule has 2 unspecified atom stereocenters. The zero-order chi connectivity index (χ0) is 25.6. The molecule has 0 aromatic rings. The number of quaternary nitrogens is 1. The van der Waals surface area contributed by atoms with E-state index in [1.165, 1.54) is 103 Å². The first-order valence-electron chi connectivity index (χ1n) is 14.8. The molecule has 0 fully saturated rings. The quantitative estimate of drug-likeness (QED) is 0.0809. The Morgan fingerprint density at radius 3 is 1.77 bits per heavy atom. The van der Waals surface area contributed by atoms with Crippen molar-refractivity contribution in [3.8, 4) is 0 Å². The van der Waals surface area contributed by atoms with Crippen LogP contribution in [0.1, 0.15) is 142 Å². The van der Waals surface area contributed by atoms with Gasteiger partial charge in [-0.1, -0.05) is 109 Å². The molecule has 3 N–H and O–H groups in total. The number of carbonyl (C=O) groups is 1. The topological polar surface area (TPSA) is 75.7 Å². The molecule has 0 saturated carbocycles. The molecular weight excluding hydrogens is 434 g/mol. The third-order valence-corrected chi connectivity index (χ3v) is 7.32. The Morgan fingerprint density at radius 1 is 0.857 bits per heavy atom. The number of amidine groups is 1. The Labute approximate surface area is 216 Å². The summed E-state index contributed by atoms with van der Waals surface area (Å²) in [5.74, 6) is 0.0347. The molecule has 35 heavy (non-hydrogen) atoms. The lowest BCUT2D eigenvalue weighted by molar-refractivity contribution is -0.805. The number of unbranched alkanes of at least 4 members (excludes halogenated alkanes) is 17. The number of rotatable bonds is 24. The standard InChI is InChI=1S/C30H55N3O2/c1-3-4-5-6-7-8-9-10-11-12-13-14-15-16-17-18-19-20-21-22-23-24-29-32-25-26-33(29,28(2)31)27-30(34)35/h19-20,25-26,28H,3-18,21-24,27,31H2,1-2H3/p+1/b20-19+. The summed E-state index contributed by atoms with van der Waals surface area (Å²) in [7, 11) is 0. The van der Waals surface area contributed by atoms with Gasteiger partial charge >= 0.3 is 5.97 Å². The van der Waals surface area contributed by atoms with Gasteiger partial charge in [-0.25, -0.2) is 14.3 Å². The van der Waals surface area contributed by atoms with E-state index in [9.17, 15) is 9.90 Å². The van der Waals surface area contributed by atoms with Gasteiger partial charge < -0.3 is 5.11 Å². The van der Waals surface area contributed by atoms with Crippen LogP contribution in [0.3, 0.4) is 0 Å². The molecule has 0 aromatic carbocycles. The van der Waals surface area contributed by atoms with Gasteiger partial charge in [-0.3, -0.25) is 5.73 Å². The van der Waals surface area contributed by atoms with Gasteiger partial charge in [0.05, 0.1) is 6.20 Å². The van der Waals surface area contributed by atoms with Crippen LogP contribution in [-0.4, -0.2) is 34.1 Å². The van der Waals surface area contributed by atoms with E-state index in [0.717, 1.165) is 31.5 Å². The summed E-state index contributed by atoms with van der Waals surface area (Å²) in [5.41, 5.74) is 6.12. The molecule has 0 bridgehead atoms. The minimum atomic E-state index is -0.844. The van der Waals surface area contributed by atoms with Gasteiger partial charge in [-0.05, 0) is 32.1 Å². The highest BCUT2D eigenvalue weighted by molar-refractivity contribution is 5.81. The lowest BCUT2D eigenvalue weighted by Crippen LogP contribution is -2.59.